The third-order valence-electron chi connectivity index (χ3n) is 4.61. The second-order valence-electron chi connectivity index (χ2n) is 6.31. The van der Waals surface area contributed by atoms with Crippen LogP contribution in [0.5, 0.6) is 0 Å². The molecular weight excluding hydrogens is 390 g/mol. The van der Waals surface area contributed by atoms with E-state index in [9.17, 15) is 4.79 Å². The summed E-state index contributed by atoms with van der Waals surface area (Å²) in [5.41, 5.74) is 0.780. The van der Waals surface area contributed by atoms with Crippen LogP contribution in [0.3, 0.4) is 0 Å². The number of nitrogens with zero attached hydrogens (tertiary/aromatic N) is 4. The van der Waals surface area contributed by atoms with Gasteiger partial charge in [-0.15, -0.1) is 5.10 Å². The molecule has 0 radical (unpaired) electrons. The first-order valence-corrected chi connectivity index (χ1v) is 9.29. The number of carbonyl (C=O) groups is 1. The Labute approximate surface area is 153 Å². The highest BCUT2D eigenvalue weighted by Gasteiger charge is 2.32. The van der Waals surface area contributed by atoms with Crippen LogP contribution in [0.2, 0.25) is 0 Å². The van der Waals surface area contributed by atoms with Crippen molar-refractivity contribution in [2.24, 2.45) is 0 Å². The fourth-order valence-corrected chi connectivity index (χ4v) is 3.63. The van der Waals surface area contributed by atoms with E-state index in [-0.39, 0.29) is 18.2 Å². The van der Waals surface area contributed by atoms with Crippen molar-refractivity contribution < 1.29 is 14.3 Å². The van der Waals surface area contributed by atoms with E-state index in [1.807, 2.05) is 17.0 Å². The molecule has 1 N–H and O–H groups in total. The van der Waals surface area contributed by atoms with E-state index >= 15 is 0 Å². The molecule has 134 valence electrons. The van der Waals surface area contributed by atoms with Crippen molar-refractivity contribution in [3.63, 3.8) is 0 Å². The molecule has 4 heterocycles. The number of halogens is 1. The molecule has 2 saturated heterocycles. The minimum atomic E-state index is -0.236. The van der Waals surface area contributed by atoms with E-state index in [1.54, 1.807) is 10.7 Å². The normalized spacial score (nSPS) is 23.3. The fraction of sp³-hybridized carbons (Fsp3) is 0.562. The molecule has 1 amide bonds. The van der Waals surface area contributed by atoms with Crippen LogP contribution in [0.4, 0.5) is 10.6 Å². The Balaban J connectivity index is 1.37. The average molecular weight is 410 g/mol. The molecule has 0 spiro atoms. The van der Waals surface area contributed by atoms with Crippen LogP contribution in [-0.2, 0) is 9.47 Å². The fourth-order valence-electron chi connectivity index (χ4n) is 3.27. The number of hydrogen-bond donors (Lipinski definition) is 1. The van der Waals surface area contributed by atoms with Gasteiger partial charge >= 0.3 is 6.09 Å². The molecule has 2 fully saturated rings. The predicted octanol–water partition coefficient (Wildman–Crippen LogP) is 2.29. The van der Waals surface area contributed by atoms with E-state index in [0.717, 1.165) is 41.9 Å². The Bertz CT molecular complexity index is 761. The Morgan fingerprint density at radius 2 is 2.36 bits per heavy atom. The van der Waals surface area contributed by atoms with Gasteiger partial charge in [-0.05, 0) is 40.9 Å². The molecule has 0 saturated carbocycles. The highest BCUT2D eigenvalue weighted by Crippen LogP contribution is 2.21. The molecule has 2 aliphatic heterocycles. The van der Waals surface area contributed by atoms with Crippen molar-refractivity contribution in [2.75, 3.05) is 31.6 Å². The first-order chi connectivity index (χ1) is 12.2. The van der Waals surface area contributed by atoms with Gasteiger partial charge in [0.15, 0.2) is 5.65 Å². The molecule has 2 atom stereocenters. The number of ether oxygens (including phenoxy) is 2. The first-order valence-electron chi connectivity index (χ1n) is 8.50. The Kier molecular flexibility index (Phi) is 4.76. The molecule has 25 heavy (non-hydrogen) atoms. The van der Waals surface area contributed by atoms with Crippen molar-refractivity contribution in [3.8, 4) is 0 Å². The number of nitrogens with one attached hydrogen (secondary N) is 1. The summed E-state index contributed by atoms with van der Waals surface area (Å²) in [5.74, 6) is 0.746. The number of amides is 1. The highest BCUT2D eigenvalue weighted by molar-refractivity contribution is 9.10. The van der Waals surface area contributed by atoms with Gasteiger partial charge in [0, 0.05) is 19.5 Å². The Morgan fingerprint density at radius 3 is 3.20 bits per heavy atom. The van der Waals surface area contributed by atoms with Crippen LogP contribution < -0.4 is 5.32 Å². The summed E-state index contributed by atoms with van der Waals surface area (Å²) in [6, 6.07) is 3.90. The van der Waals surface area contributed by atoms with Crippen molar-refractivity contribution in [3.05, 3.63) is 22.9 Å². The quantitative estimate of drug-likeness (QED) is 0.833. The molecule has 2 aromatic heterocycles. The van der Waals surface area contributed by atoms with Crippen LogP contribution in [0.25, 0.3) is 5.65 Å². The number of likely N-dealkylation sites (tertiary alicyclic amines) is 1. The highest BCUT2D eigenvalue weighted by atomic mass is 79.9. The van der Waals surface area contributed by atoms with Gasteiger partial charge in [0.25, 0.3) is 0 Å². The molecule has 4 rings (SSSR count). The van der Waals surface area contributed by atoms with E-state index in [2.05, 4.69) is 31.3 Å². The van der Waals surface area contributed by atoms with Gasteiger partial charge in [0.2, 0.25) is 0 Å². The van der Waals surface area contributed by atoms with Crippen molar-refractivity contribution >= 4 is 33.5 Å². The topological polar surface area (TPSA) is 81.0 Å². The van der Waals surface area contributed by atoms with Gasteiger partial charge in [-0.2, -0.15) is 0 Å². The lowest BCUT2D eigenvalue weighted by atomic mass is 10.2. The van der Waals surface area contributed by atoms with Crippen molar-refractivity contribution in [1.82, 2.24) is 19.5 Å². The molecule has 9 heteroatoms. The van der Waals surface area contributed by atoms with Crippen LogP contribution >= 0.6 is 15.9 Å². The second-order valence-corrected chi connectivity index (χ2v) is 7.12. The standard InChI is InChI=1S/C16H20BrN5O3/c17-13-9-19-15-4-3-14(20-22(13)15)18-8-11-2-1-6-21(11)16(23)25-12-5-7-24-10-12/h3-4,9,11-12H,1-2,5-8,10H2,(H,18,20)/t11-,12?/m0/s1. The summed E-state index contributed by atoms with van der Waals surface area (Å²) >= 11 is 3.42. The summed E-state index contributed by atoms with van der Waals surface area (Å²) in [6.07, 6.45) is 4.10. The van der Waals surface area contributed by atoms with Crippen molar-refractivity contribution in [1.29, 1.82) is 0 Å². The summed E-state index contributed by atoms with van der Waals surface area (Å²) in [4.78, 5) is 18.4. The molecule has 2 aromatic rings. The molecule has 0 aromatic carbocycles. The smallest absolute Gasteiger partial charge is 0.410 e. The summed E-state index contributed by atoms with van der Waals surface area (Å²) in [6.45, 7) is 2.55. The number of aromatic nitrogens is 3. The van der Waals surface area contributed by atoms with Gasteiger partial charge in [-0.3, -0.25) is 0 Å². The Hall–Kier alpha value is -1.87. The summed E-state index contributed by atoms with van der Waals surface area (Å²) in [5, 5.41) is 7.81. The third-order valence-corrected chi connectivity index (χ3v) is 5.15. The second kappa shape index (κ2) is 7.17. The predicted molar refractivity (Wildman–Crippen MR) is 94.6 cm³/mol. The number of imidazole rings is 1. The van der Waals surface area contributed by atoms with Crippen LogP contribution in [0, 0.1) is 0 Å². The number of hydrogen-bond acceptors (Lipinski definition) is 6. The lowest BCUT2D eigenvalue weighted by molar-refractivity contribution is 0.0529. The van der Waals surface area contributed by atoms with Crippen LogP contribution in [0.1, 0.15) is 19.3 Å². The zero-order valence-corrected chi connectivity index (χ0v) is 15.3. The zero-order chi connectivity index (χ0) is 17.2. The number of anilines is 1. The minimum Gasteiger partial charge on any atom is -0.444 e. The maximum atomic E-state index is 12.4. The van der Waals surface area contributed by atoms with E-state index in [4.69, 9.17) is 9.47 Å². The first kappa shape index (κ1) is 16.6. The van der Waals surface area contributed by atoms with Gasteiger partial charge < -0.3 is 19.7 Å². The lowest BCUT2D eigenvalue weighted by Crippen LogP contribution is -2.41. The van der Waals surface area contributed by atoms with Crippen molar-refractivity contribution in [2.45, 2.75) is 31.4 Å². The van der Waals surface area contributed by atoms with Gasteiger partial charge in [0.05, 0.1) is 25.5 Å². The van der Waals surface area contributed by atoms with Gasteiger partial charge in [-0.25, -0.2) is 14.3 Å². The monoisotopic (exact) mass is 409 g/mol. The molecule has 0 aliphatic carbocycles. The maximum absolute atomic E-state index is 12.4. The molecular formula is C16H20BrN5O3. The molecule has 2 aliphatic rings. The summed E-state index contributed by atoms with van der Waals surface area (Å²) in [7, 11) is 0. The van der Waals surface area contributed by atoms with E-state index in [1.165, 1.54) is 0 Å². The number of carbonyl (C=O) groups excluding carboxylic acids is 1. The lowest BCUT2D eigenvalue weighted by Gasteiger charge is -2.25. The zero-order valence-electron chi connectivity index (χ0n) is 13.7. The van der Waals surface area contributed by atoms with Crippen LogP contribution in [-0.4, -0.2) is 64.0 Å². The third kappa shape index (κ3) is 3.57. The average Bonchev–Trinajstić information content (AvgIpc) is 3.35. The molecule has 1 unspecified atom stereocenters. The van der Waals surface area contributed by atoms with Gasteiger partial charge in [-0.1, -0.05) is 0 Å². The Morgan fingerprint density at radius 1 is 1.44 bits per heavy atom. The minimum absolute atomic E-state index is 0.107. The molecule has 0 bridgehead atoms. The number of fused-ring (bicyclic) bond motifs is 1. The van der Waals surface area contributed by atoms with E-state index < -0.39 is 0 Å². The van der Waals surface area contributed by atoms with Crippen LogP contribution in [0.15, 0.2) is 22.9 Å². The number of rotatable bonds is 4. The largest absolute Gasteiger partial charge is 0.444 e. The van der Waals surface area contributed by atoms with E-state index in [0.29, 0.717) is 19.8 Å². The maximum Gasteiger partial charge on any atom is 0.410 e. The summed E-state index contributed by atoms with van der Waals surface area (Å²) < 4.78 is 13.3. The molecule has 8 nitrogen and oxygen atoms in total. The van der Waals surface area contributed by atoms with Gasteiger partial charge in [0.1, 0.15) is 16.5 Å². The SMILES string of the molecule is O=C(OC1CCOC1)N1CCC[C@H]1CNc1ccc2ncc(Br)n2n1.